The Morgan fingerprint density at radius 3 is 2.76 bits per heavy atom. The number of aryl methyl sites for hydroxylation is 1. The normalized spacial score (nSPS) is 15.9. The predicted octanol–water partition coefficient (Wildman–Crippen LogP) is 2.77. The number of nitrogens with zero attached hydrogens (tertiary/aromatic N) is 3. The Bertz CT molecular complexity index is 1090. The van der Waals surface area contributed by atoms with Gasteiger partial charge in [-0.25, -0.2) is 4.68 Å². The highest BCUT2D eigenvalue weighted by Gasteiger charge is 2.36. The molecule has 1 aromatic heterocycles. The Morgan fingerprint density at radius 1 is 1.17 bits per heavy atom. The van der Waals surface area contributed by atoms with Crippen molar-refractivity contribution in [2.24, 2.45) is 0 Å². The standard InChI is InChI=1S/C21H21BrN4O3/c22-16-5-3-4-15(14-16)21(9-12-29-13-10-21)23-19(27)8-11-26-20(28)17-6-1-2-7-18(17)24-25-26/h1-7,14H,8-13H2,(H,23,27). The first-order valence-electron chi connectivity index (χ1n) is 9.55. The molecule has 2 heterocycles. The molecule has 0 radical (unpaired) electrons. The van der Waals surface area contributed by atoms with Crippen molar-refractivity contribution in [2.45, 2.75) is 31.3 Å². The van der Waals surface area contributed by atoms with Crippen molar-refractivity contribution in [3.05, 3.63) is 68.9 Å². The number of hydrogen-bond donors (Lipinski definition) is 1. The average molecular weight is 457 g/mol. The number of ether oxygens (including phenoxy) is 1. The summed E-state index contributed by atoms with van der Waals surface area (Å²) < 4.78 is 7.73. The highest BCUT2D eigenvalue weighted by Crippen LogP contribution is 2.33. The number of hydrogen-bond acceptors (Lipinski definition) is 5. The third kappa shape index (κ3) is 4.23. The largest absolute Gasteiger partial charge is 0.381 e. The molecule has 1 fully saturated rings. The maximum atomic E-state index is 12.8. The quantitative estimate of drug-likeness (QED) is 0.637. The van der Waals surface area contributed by atoms with Gasteiger partial charge in [-0.3, -0.25) is 9.59 Å². The molecule has 150 valence electrons. The Morgan fingerprint density at radius 2 is 1.97 bits per heavy atom. The van der Waals surface area contributed by atoms with E-state index < -0.39 is 5.54 Å². The van der Waals surface area contributed by atoms with Crippen molar-refractivity contribution in [2.75, 3.05) is 13.2 Å². The minimum atomic E-state index is -0.473. The zero-order chi connectivity index (χ0) is 20.3. The summed E-state index contributed by atoms with van der Waals surface area (Å²) >= 11 is 3.51. The van der Waals surface area contributed by atoms with E-state index in [1.54, 1.807) is 18.2 Å². The third-order valence-electron chi connectivity index (χ3n) is 5.28. The lowest BCUT2D eigenvalue weighted by molar-refractivity contribution is -0.124. The molecule has 0 spiro atoms. The highest BCUT2D eigenvalue weighted by molar-refractivity contribution is 9.10. The fourth-order valence-corrected chi connectivity index (χ4v) is 4.10. The van der Waals surface area contributed by atoms with Crippen LogP contribution in [0.25, 0.3) is 10.9 Å². The molecule has 0 unspecified atom stereocenters. The highest BCUT2D eigenvalue weighted by atomic mass is 79.9. The van der Waals surface area contributed by atoms with Gasteiger partial charge in [0.1, 0.15) is 5.52 Å². The second-order valence-corrected chi connectivity index (χ2v) is 8.05. The summed E-state index contributed by atoms with van der Waals surface area (Å²) in [5, 5.41) is 11.7. The molecule has 4 rings (SSSR count). The number of carbonyl (C=O) groups is 1. The van der Waals surface area contributed by atoms with Crippen LogP contribution in [0.3, 0.4) is 0 Å². The lowest BCUT2D eigenvalue weighted by Gasteiger charge is -2.38. The van der Waals surface area contributed by atoms with E-state index in [0.717, 1.165) is 10.0 Å². The van der Waals surface area contributed by atoms with Crippen LogP contribution in [0, 0.1) is 0 Å². The molecule has 1 aliphatic heterocycles. The first-order valence-corrected chi connectivity index (χ1v) is 10.3. The van der Waals surface area contributed by atoms with Gasteiger partial charge in [0.05, 0.1) is 17.5 Å². The number of fused-ring (bicyclic) bond motifs is 1. The Balaban J connectivity index is 1.50. The molecule has 0 atom stereocenters. The van der Waals surface area contributed by atoms with E-state index in [1.165, 1.54) is 4.68 Å². The van der Waals surface area contributed by atoms with E-state index in [0.29, 0.717) is 37.0 Å². The molecule has 3 aromatic rings. The van der Waals surface area contributed by atoms with Crippen LogP contribution in [-0.2, 0) is 21.6 Å². The van der Waals surface area contributed by atoms with Gasteiger partial charge in [0, 0.05) is 24.1 Å². The molecule has 1 aliphatic rings. The fraction of sp³-hybridized carbons (Fsp3) is 0.333. The van der Waals surface area contributed by atoms with Gasteiger partial charge in [0.15, 0.2) is 0 Å². The van der Waals surface area contributed by atoms with Crippen LogP contribution in [0.2, 0.25) is 0 Å². The molecule has 1 N–H and O–H groups in total. The number of amides is 1. The van der Waals surface area contributed by atoms with Gasteiger partial charge in [0.2, 0.25) is 5.91 Å². The summed E-state index contributed by atoms with van der Waals surface area (Å²) in [5.41, 5.74) is 0.885. The number of halogens is 1. The molecule has 0 aliphatic carbocycles. The summed E-state index contributed by atoms with van der Waals surface area (Å²) in [6.07, 6.45) is 1.54. The number of benzene rings is 2. The van der Waals surface area contributed by atoms with Crippen molar-refractivity contribution in [1.82, 2.24) is 20.3 Å². The lowest BCUT2D eigenvalue weighted by atomic mass is 9.82. The van der Waals surface area contributed by atoms with E-state index in [1.807, 2.05) is 30.3 Å². The average Bonchev–Trinajstić information content (AvgIpc) is 2.74. The minimum absolute atomic E-state index is 0.131. The maximum absolute atomic E-state index is 12.8. The smallest absolute Gasteiger partial charge is 0.277 e. The molecular weight excluding hydrogens is 436 g/mol. The van der Waals surface area contributed by atoms with E-state index >= 15 is 0 Å². The zero-order valence-corrected chi connectivity index (χ0v) is 17.4. The molecule has 2 aromatic carbocycles. The molecule has 7 nitrogen and oxygen atoms in total. The van der Waals surface area contributed by atoms with Gasteiger partial charge in [-0.15, -0.1) is 5.10 Å². The first kappa shape index (κ1) is 19.7. The molecule has 0 bridgehead atoms. The van der Waals surface area contributed by atoms with Crippen molar-refractivity contribution >= 4 is 32.7 Å². The summed E-state index contributed by atoms with van der Waals surface area (Å²) in [4.78, 5) is 25.4. The van der Waals surface area contributed by atoms with Crippen LogP contribution in [-0.4, -0.2) is 34.1 Å². The third-order valence-corrected chi connectivity index (χ3v) is 5.78. The Hall–Kier alpha value is -2.58. The summed E-state index contributed by atoms with van der Waals surface area (Å²) in [7, 11) is 0. The van der Waals surface area contributed by atoms with Crippen molar-refractivity contribution < 1.29 is 9.53 Å². The van der Waals surface area contributed by atoms with Crippen LogP contribution >= 0.6 is 15.9 Å². The van der Waals surface area contributed by atoms with Crippen LogP contribution in [0.15, 0.2) is 57.8 Å². The monoisotopic (exact) mass is 456 g/mol. The molecule has 1 saturated heterocycles. The van der Waals surface area contributed by atoms with Crippen LogP contribution in [0.1, 0.15) is 24.8 Å². The molecule has 29 heavy (non-hydrogen) atoms. The predicted molar refractivity (Wildman–Crippen MR) is 112 cm³/mol. The van der Waals surface area contributed by atoms with E-state index in [9.17, 15) is 9.59 Å². The molecule has 8 heteroatoms. The minimum Gasteiger partial charge on any atom is -0.381 e. The number of nitrogens with one attached hydrogen (secondary N) is 1. The second-order valence-electron chi connectivity index (χ2n) is 7.14. The molecular formula is C21H21BrN4O3. The second kappa shape index (κ2) is 8.42. The lowest BCUT2D eigenvalue weighted by Crippen LogP contribution is -2.49. The van der Waals surface area contributed by atoms with Gasteiger partial charge in [0.25, 0.3) is 5.56 Å². The van der Waals surface area contributed by atoms with E-state index in [-0.39, 0.29) is 24.4 Å². The summed E-state index contributed by atoms with van der Waals surface area (Å²) in [6.45, 7) is 1.35. The van der Waals surface area contributed by atoms with Gasteiger partial charge in [-0.1, -0.05) is 45.4 Å². The van der Waals surface area contributed by atoms with E-state index in [2.05, 4.69) is 31.6 Å². The SMILES string of the molecule is O=C(CCn1nnc2ccccc2c1=O)NC1(c2cccc(Br)c2)CCOCC1. The van der Waals surface area contributed by atoms with Gasteiger partial charge in [-0.2, -0.15) is 0 Å². The Kier molecular flexibility index (Phi) is 5.73. The van der Waals surface area contributed by atoms with Crippen LogP contribution < -0.4 is 10.9 Å². The topological polar surface area (TPSA) is 86.1 Å². The number of rotatable bonds is 5. The van der Waals surface area contributed by atoms with Gasteiger partial charge in [-0.05, 0) is 42.7 Å². The first-order chi connectivity index (χ1) is 14.1. The van der Waals surface area contributed by atoms with Crippen molar-refractivity contribution in [3.63, 3.8) is 0 Å². The molecule has 1 amide bonds. The van der Waals surface area contributed by atoms with Crippen molar-refractivity contribution in [3.8, 4) is 0 Å². The van der Waals surface area contributed by atoms with Crippen LogP contribution in [0.4, 0.5) is 0 Å². The van der Waals surface area contributed by atoms with Gasteiger partial charge >= 0.3 is 0 Å². The fourth-order valence-electron chi connectivity index (χ4n) is 3.70. The number of carbonyl (C=O) groups excluding carboxylic acids is 1. The van der Waals surface area contributed by atoms with Gasteiger partial charge < -0.3 is 10.1 Å². The van der Waals surface area contributed by atoms with Crippen LogP contribution in [0.5, 0.6) is 0 Å². The maximum Gasteiger partial charge on any atom is 0.277 e. The molecule has 0 saturated carbocycles. The zero-order valence-electron chi connectivity index (χ0n) is 15.8. The Labute approximate surface area is 176 Å². The summed E-state index contributed by atoms with van der Waals surface area (Å²) in [5.74, 6) is -0.131. The number of aromatic nitrogens is 3. The van der Waals surface area contributed by atoms with Crippen molar-refractivity contribution in [1.29, 1.82) is 0 Å². The summed E-state index contributed by atoms with van der Waals surface area (Å²) in [6, 6.07) is 15.0. The van der Waals surface area contributed by atoms with E-state index in [4.69, 9.17) is 4.74 Å².